The van der Waals surface area contributed by atoms with Crippen LogP contribution in [0.5, 0.6) is 0 Å². The van der Waals surface area contributed by atoms with Gasteiger partial charge in [-0.3, -0.25) is 4.79 Å². The molecule has 0 radical (unpaired) electrons. The third-order valence-corrected chi connectivity index (χ3v) is 3.48. The lowest BCUT2D eigenvalue weighted by molar-refractivity contribution is -0.132. The van der Waals surface area contributed by atoms with Crippen LogP contribution in [0, 0.1) is 17.8 Å². The SMILES string of the molecule is CC(C)[C@@H]1CCN(C(=O)[C@H](N)C(C)C)C1. The molecule has 0 aliphatic carbocycles. The van der Waals surface area contributed by atoms with Gasteiger partial charge in [-0.05, 0) is 24.2 Å². The van der Waals surface area contributed by atoms with E-state index in [9.17, 15) is 4.79 Å². The molecule has 0 unspecified atom stereocenters. The highest BCUT2D eigenvalue weighted by Gasteiger charge is 2.31. The maximum absolute atomic E-state index is 12.0. The van der Waals surface area contributed by atoms with E-state index in [1.807, 2.05) is 18.7 Å². The van der Waals surface area contributed by atoms with Crippen molar-refractivity contribution in [1.29, 1.82) is 0 Å². The van der Waals surface area contributed by atoms with Crippen molar-refractivity contribution < 1.29 is 4.79 Å². The Morgan fingerprint density at radius 2 is 1.93 bits per heavy atom. The summed E-state index contributed by atoms with van der Waals surface area (Å²) >= 11 is 0. The van der Waals surface area contributed by atoms with Crippen molar-refractivity contribution in [2.24, 2.45) is 23.5 Å². The molecule has 3 heteroatoms. The molecule has 2 N–H and O–H groups in total. The highest BCUT2D eigenvalue weighted by molar-refractivity contribution is 5.82. The topological polar surface area (TPSA) is 46.3 Å². The van der Waals surface area contributed by atoms with Gasteiger partial charge in [-0.1, -0.05) is 27.7 Å². The Balaban J connectivity index is 2.50. The minimum absolute atomic E-state index is 0.133. The van der Waals surface area contributed by atoms with Gasteiger partial charge in [0.25, 0.3) is 0 Å². The van der Waals surface area contributed by atoms with E-state index in [1.165, 1.54) is 0 Å². The largest absolute Gasteiger partial charge is 0.341 e. The van der Waals surface area contributed by atoms with Gasteiger partial charge >= 0.3 is 0 Å². The molecular weight excluding hydrogens is 188 g/mol. The molecule has 15 heavy (non-hydrogen) atoms. The second-order valence-corrected chi connectivity index (χ2v) is 5.35. The molecule has 0 aromatic rings. The van der Waals surface area contributed by atoms with Gasteiger partial charge in [0.1, 0.15) is 0 Å². The molecule has 0 aromatic carbocycles. The normalized spacial score (nSPS) is 23.9. The van der Waals surface area contributed by atoms with Crippen LogP contribution in [-0.2, 0) is 4.79 Å². The smallest absolute Gasteiger partial charge is 0.239 e. The number of amides is 1. The number of hydrogen-bond donors (Lipinski definition) is 1. The fraction of sp³-hybridized carbons (Fsp3) is 0.917. The fourth-order valence-corrected chi connectivity index (χ4v) is 2.03. The number of rotatable bonds is 3. The summed E-state index contributed by atoms with van der Waals surface area (Å²) in [7, 11) is 0. The van der Waals surface area contributed by atoms with E-state index in [4.69, 9.17) is 5.73 Å². The first kappa shape index (κ1) is 12.5. The van der Waals surface area contributed by atoms with Gasteiger partial charge in [0, 0.05) is 13.1 Å². The highest BCUT2D eigenvalue weighted by atomic mass is 16.2. The number of nitrogens with zero attached hydrogens (tertiary/aromatic N) is 1. The summed E-state index contributed by atoms with van der Waals surface area (Å²) in [6.45, 7) is 10.2. The van der Waals surface area contributed by atoms with Gasteiger partial charge in [0.15, 0.2) is 0 Å². The second kappa shape index (κ2) is 4.97. The lowest BCUT2D eigenvalue weighted by Gasteiger charge is -2.23. The lowest BCUT2D eigenvalue weighted by atomic mass is 9.95. The molecule has 88 valence electrons. The molecule has 1 saturated heterocycles. The first-order valence-electron chi connectivity index (χ1n) is 5.97. The molecule has 1 rings (SSSR count). The van der Waals surface area contributed by atoms with Crippen molar-refractivity contribution in [3.63, 3.8) is 0 Å². The van der Waals surface area contributed by atoms with Crippen molar-refractivity contribution in [3.05, 3.63) is 0 Å². The molecule has 1 aliphatic rings. The van der Waals surface area contributed by atoms with E-state index in [0.717, 1.165) is 19.5 Å². The molecule has 1 heterocycles. The summed E-state index contributed by atoms with van der Waals surface area (Å²) in [5.41, 5.74) is 5.87. The van der Waals surface area contributed by atoms with Crippen LogP contribution in [0.1, 0.15) is 34.1 Å². The van der Waals surface area contributed by atoms with Crippen molar-refractivity contribution in [1.82, 2.24) is 4.90 Å². The maximum atomic E-state index is 12.0. The number of carbonyl (C=O) groups is 1. The predicted octanol–water partition coefficient (Wildman–Crippen LogP) is 1.47. The summed E-state index contributed by atoms with van der Waals surface area (Å²) in [5, 5.41) is 0. The quantitative estimate of drug-likeness (QED) is 0.770. The van der Waals surface area contributed by atoms with E-state index in [-0.39, 0.29) is 17.9 Å². The molecule has 1 aliphatic heterocycles. The maximum Gasteiger partial charge on any atom is 0.239 e. The standard InChI is InChI=1S/C12H24N2O/c1-8(2)10-5-6-14(7-10)12(15)11(13)9(3)4/h8-11H,5-7,13H2,1-4H3/t10-,11-/m1/s1. The van der Waals surface area contributed by atoms with Crippen LogP contribution in [0.3, 0.4) is 0 Å². The molecule has 0 saturated carbocycles. The van der Waals surface area contributed by atoms with Crippen LogP contribution in [0.25, 0.3) is 0 Å². The van der Waals surface area contributed by atoms with Crippen molar-refractivity contribution in [2.45, 2.75) is 40.2 Å². The summed E-state index contributed by atoms with van der Waals surface area (Å²) in [6.07, 6.45) is 1.13. The van der Waals surface area contributed by atoms with Gasteiger partial charge < -0.3 is 10.6 Å². The minimum Gasteiger partial charge on any atom is -0.341 e. The van der Waals surface area contributed by atoms with E-state index < -0.39 is 0 Å². The molecular formula is C12H24N2O. The van der Waals surface area contributed by atoms with E-state index in [0.29, 0.717) is 11.8 Å². The van der Waals surface area contributed by atoms with E-state index >= 15 is 0 Å². The first-order valence-corrected chi connectivity index (χ1v) is 5.97. The van der Waals surface area contributed by atoms with Gasteiger partial charge in [-0.25, -0.2) is 0 Å². The Labute approximate surface area is 93.0 Å². The second-order valence-electron chi connectivity index (χ2n) is 5.35. The Bertz CT molecular complexity index is 226. The highest BCUT2D eigenvalue weighted by Crippen LogP contribution is 2.24. The third-order valence-electron chi connectivity index (χ3n) is 3.48. The zero-order chi connectivity index (χ0) is 11.6. The molecule has 0 spiro atoms. The Kier molecular flexibility index (Phi) is 4.14. The number of hydrogen-bond acceptors (Lipinski definition) is 2. The van der Waals surface area contributed by atoms with Gasteiger partial charge in [0.05, 0.1) is 6.04 Å². The molecule has 1 amide bonds. The van der Waals surface area contributed by atoms with Crippen LogP contribution in [0.2, 0.25) is 0 Å². The zero-order valence-electron chi connectivity index (χ0n) is 10.4. The molecule has 1 fully saturated rings. The van der Waals surface area contributed by atoms with Crippen LogP contribution < -0.4 is 5.73 Å². The summed E-state index contributed by atoms with van der Waals surface area (Å²) in [6, 6.07) is -0.323. The summed E-state index contributed by atoms with van der Waals surface area (Å²) < 4.78 is 0. The van der Waals surface area contributed by atoms with Gasteiger partial charge in [0.2, 0.25) is 5.91 Å². The number of carbonyl (C=O) groups excluding carboxylic acids is 1. The van der Waals surface area contributed by atoms with Crippen molar-refractivity contribution in [2.75, 3.05) is 13.1 Å². The molecule has 3 nitrogen and oxygen atoms in total. The van der Waals surface area contributed by atoms with Crippen LogP contribution in [0.4, 0.5) is 0 Å². The average molecular weight is 212 g/mol. The van der Waals surface area contributed by atoms with E-state index in [1.54, 1.807) is 0 Å². The molecule has 0 bridgehead atoms. The lowest BCUT2D eigenvalue weighted by Crippen LogP contribution is -2.45. The number of likely N-dealkylation sites (tertiary alicyclic amines) is 1. The van der Waals surface area contributed by atoms with Gasteiger partial charge in [-0.15, -0.1) is 0 Å². The monoisotopic (exact) mass is 212 g/mol. The zero-order valence-corrected chi connectivity index (χ0v) is 10.4. The average Bonchev–Trinajstić information content (AvgIpc) is 2.64. The molecule has 2 atom stereocenters. The minimum atomic E-state index is -0.323. The fourth-order valence-electron chi connectivity index (χ4n) is 2.03. The van der Waals surface area contributed by atoms with E-state index in [2.05, 4.69) is 13.8 Å². The van der Waals surface area contributed by atoms with Crippen molar-refractivity contribution in [3.8, 4) is 0 Å². The summed E-state index contributed by atoms with van der Waals surface area (Å²) in [5.74, 6) is 1.69. The Morgan fingerprint density at radius 3 is 2.33 bits per heavy atom. The Morgan fingerprint density at radius 1 is 1.33 bits per heavy atom. The summed E-state index contributed by atoms with van der Waals surface area (Å²) in [4.78, 5) is 13.9. The van der Waals surface area contributed by atoms with Crippen LogP contribution >= 0.6 is 0 Å². The van der Waals surface area contributed by atoms with Crippen LogP contribution in [-0.4, -0.2) is 29.9 Å². The van der Waals surface area contributed by atoms with Crippen molar-refractivity contribution >= 4 is 5.91 Å². The first-order chi connectivity index (χ1) is 6.93. The molecule has 0 aromatic heterocycles. The predicted molar refractivity (Wildman–Crippen MR) is 62.3 cm³/mol. The van der Waals surface area contributed by atoms with Gasteiger partial charge in [-0.2, -0.15) is 0 Å². The Hall–Kier alpha value is -0.570. The van der Waals surface area contributed by atoms with Crippen LogP contribution in [0.15, 0.2) is 0 Å². The number of nitrogens with two attached hydrogens (primary N) is 1. The third kappa shape index (κ3) is 2.94.